The first-order chi connectivity index (χ1) is 4.66. The van der Waals surface area contributed by atoms with Crippen molar-refractivity contribution in [1.29, 1.82) is 0 Å². The maximum absolute atomic E-state index is 10.2. The van der Waals surface area contributed by atoms with Crippen molar-refractivity contribution in [2.45, 2.75) is 0 Å². The molecule has 0 bridgehead atoms. The van der Waals surface area contributed by atoms with E-state index in [2.05, 4.69) is 17.3 Å². The molecule has 10 heavy (non-hydrogen) atoms. The third-order valence-electron chi connectivity index (χ3n) is 0.951. The number of amides is 2. The van der Waals surface area contributed by atoms with Crippen molar-refractivity contribution in [2.75, 3.05) is 26.3 Å². The molecule has 60 valence electrons. The van der Waals surface area contributed by atoms with Crippen molar-refractivity contribution in [3.8, 4) is 0 Å². The van der Waals surface area contributed by atoms with Crippen LogP contribution in [0.1, 0.15) is 0 Å². The number of primary amides is 1. The van der Waals surface area contributed by atoms with Gasteiger partial charge in [-0.15, -0.1) is 0 Å². The maximum Gasteiger partial charge on any atom is 0.312 e. The molecule has 0 aromatic heterocycles. The predicted octanol–water partition coefficient (Wildman–Crippen LogP) is -0.0992. The standard InChI is InChI=1S/C5H14N3OP/c1-7-3-10(2)4-8-5(6)9/h7H,3-4H2,1-2H3,(H3,6,8,9). The summed E-state index contributed by atoms with van der Waals surface area (Å²) in [6.07, 6.45) is 1.65. The highest BCUT2D eigenvalue weighted by Gasteiger charge is 1.98. The Bertz CT molecular complexity index is 109. The van der Waals surface area contributed by atoms with Crippen molar-refractivity contribution in [1.82, 2.24) is 10.6 Å². The fourth-order valence-corrected chi connectivity index (χ4v) is 1.62. The van der Waals surface area contributed by atoms with E-state index in [0.29, 0.717) is 6.29 Å². The minimum absolute atomic E-state index is 0.136. The molecule has 1 unspecified atom stereocenters. The highest BCUT2D eigenvalue weighted by Crippen LogP contribution is 2.25. The van der Waals surface area contributed by atoms with Crippen LogP contribution in [-0.2, 0) is 0 Å². The molecular weight excluding hydrogens is 149 g/mol. The monoisotopic (exact) mass is 163 g/mol. The number of carbonyl (C=O) groups excluding carboxylic acids is 1. The number of hydrogen-bond donors (Lipinski definition) is 3. The molecule has 0 rings (SSSR count). The Morgan fingerprint density at radius 1 is 1.60 bits per heavy atom. The largest absolute Gasteiger partial charge is 0.352 e. The average molecular weight is 163 g/mol. The van der Waals surface area contributed by atoms with Gasteiger partial charge in [0.1, 0.15) is 0 Å². The van der Waals surface area contributed by atoms with Crippen LogP contribution in [0.2, 0.25) is 0 Å². The normalized spacial score (nSPS) is 12.6. The second-order valence-corrected chi connectivity index (χ2v) is 4.41. The van der Waals surface area contributed by atoms with Crippen LogP contribution in [-0.4, -0.2) is 32.3 Å². The molecule has 2 amide bonds. The summed E-state index contributed by atoms with van der Waals surface area (Å²) in [5, 5.41) is 5.59. The minimum atomic E-state index is -0.439. The number of rotatable bonds is 4. The van der Waals surface area contributed by atoms with Gasteiger partial charge in [-0.3, -0.25) is 0 Å². The van der Waals surface area contributed by atoms with E-state index in [1.807, 2.05) is 7.05 Å². The molecule has 0 aromatic rings. The summed E-state index contributed by atoms with van der Waals surface area (Å²) < 4.78 is 0. The van der Waals surface area contributed by atoms with Gasteiger partial charge in [-0.25, -0.2) is 4.79 Å². The fourth-order valence-electron chi connectivity index (χ4n) is 0.539. The molecule has 0 aliphatic carbocycles. The fraction of sp³-hybridized carbons (Fsp3) is 0.800. The van der Waals surface area contributed by atoms with Gasteiger partial charge in [-0.1, -0.05) is 7.92 Å². The van der Waals surface area contributed by atoms with Gasteiger partial charge in [-0.2, -0.15) is 0 Å². The van der Waals surface area contributed by atoms with E-state index in [0.717, 1.165) is 6.29 Å². The Morgan fingerprint density at radius 3 is 2.60 bits per heavy atom. The zero-order valence-corrected chi connectivity index (χ0v) is 7.24. The molecule has 4 nitrogen and oxygen atoms in total. The second-order valence-electron chi connectivity index (χ2n) is 2.07. The van der Waals surface area contributed by atoms with Gasteiger partial charge in [-0.05, 0) is 13.7 Å². The SMILES string of the molecule is CNCP(C)CNC(N)=O. The Kier molecular flexibility index (Phi) is 5.26. The van der Waals surface area contributed by atoms with Crippen LogP contribution in [0, 0.1) is 0 Å². The first kappa shape index (κ1) is 9.66. The van der Waals surface area contributed by atoms with Gasteiger partial charge in [0, 0.05) is 12.6 Å². The Balaban J connectivity index is 3.21. The number of nitrogens with one attached hydrogen (secondary N) is 2. The summed E-state index contributed by atoms with van der Waals surface area (Å²) in [5.41, 5.74) is 4.88. The zero-order chi connectivity index (χ0) is 7.98. The van der Waals surface area contributed by atoms with Gasteiger partial charge < -0.3 is 16.4 Å². The van der Waals surface area contributed by atoms with Crippen molar-refractivity contribution in [3.63, 3.8) is 0 Å². The first-order valence-electron chi connectivity index (χ1n) is 3.03. The highest BCUT2D eigenvalue weighted by atomic mass is 31.1. The van der Waals surface area contributed by atoms with Crippen molar-refractivity contribution in [2.24, 2.45) is 5.73 Å². The lowest BCUT2D eigenvalue weighted by molar-refractivity contribution is 0.250. The molecule has 0 aromatic carbocycles. The van der Waals surface area contributed by atoms with Gasteiger partial charge in [0.25, 0.3) is 0 Å². The Hall–Kier alpha value is -0.340. The quantitative estimate of drug-likeness (QED) is 0.506. The lowest BCUT2D eigenvalue weighted by Crippen LogP contribution is -2.30. The molecule has 0 fully saturated rings. The van der Waals surface area contributed by atoms with E-state index in [9.17, 15) is 4.79 Å². The van der Waals surface area contributed by atoms with Gasteiger partial charge in [0.05, 0.1) is 0 Å². The third-order valence-corrected chi connectivity index (χ3v) is 2.51. The molecule has 0 spiro atoms. The summed E-state index contributed by atoms with van der Waals surface area (Å²) in [4.78, 5) is 10.2. The number of hydrogen-bond acceptors (Lipinski definition) is 2. The molecule has 0 heterocycles. The summed E-state index contributed by atoms with van der Waals surface area (Å²) in [7, 11) is 1.76. The van der Waals surface area contributed by atoms with Crippen LogP contribution >= 0.6 is 7.92 Å². The van der Waals surface area contributed by atoms with E-state index in [1.165, 1.54) is 0 Å². The van der Waals surface area contributed by atoms with Crippen LogP contribution in [0.3, 0.4) is 0 Å². The summed E-state index contributed by atoms with van der Waals surface area (Å²) in [6, 6.07) is -0.439. The number of nitrogens with two attached hydrogens (primary N) is 1. The van der Waals surface area contributed by atoms with Crippen LogP contribution in [0.25, 0.3) is 0 Å². The van der Waals surface area contributed by atoms with Crippen molar-refractivity contribution in [3.05, 3.63) is 0 Å². The second kappa shape index (κ2) is 5.45. The predicted molar refractivity (Wildman–Crippen MR) is 44.4 cm³/mol. The summed E-state index contributed by atoms with van der Waals surface area (Å²) in [6.45, 7) is 2.10. The lowest BCUT2D eigenvalue weighted by atomic mass is 11.0. The topological polar surface area (TPSA) is 67.2 Å². The third kappa shape index (κ3) is 5.79. The van der Waals surface area contributed by atoms with E-state index >= 15 is 0 Å². The van der Waals surface area contributed by atoms with Crippen LogP contribution in [0.15, 0.2) is 0 Å². The molecule has 0 aliphatic heterocycles. The average Bonchev–Trinajstić information content (AvgIpc) is 1.85. The van der Waals surface area contributed by atoms with E-state index in [-0.39, 0.29) is 7.92 Å². The number of urea groups is 1. The minimum Gasteiger partial charge on any atom is -0.352 e. The summed E-state index contributed by atoms with van der Waals surface area (Å²) >= 11 is 0. The maximum atomic E-state index is 10.2. The van der Waals surface area contributed by atoms with E-state index in [4.69, 9.17) is 5.73 Å². The van der Waals surface area contributed by atoms with Crippen molar-refractivity contribution >= 4 is 14.0 Å². The van der Waals surface area contributed by atoms with Crippen LogP contribution in [0.4, 0.5) is 4.79 Å². The molecule has 0 aliphatic rings. The molecule has 0 saturated heterocycles. The van der Waals surface area contributed by atoms with Gasteiger partial charge >= 0.3 is 6.03 Å². The molecule has 1 atom stereocenters. The van der Waals surface area contributed by atoms with E-state index < -0.39 is 6.03 Å². The molecular formula is C5H14N3OP. The molecule has 5 heteroatoms. The Morgan fingerprint density at radius 2 is 2.20 bits per heavy atom. The van der Waals surface area contributed by atoms with Crippen molar-refractivity contribution < 1.29 is 4.79 Å². The molecule has 0 radical (unpaired) electrons. The molecule has 4 N–H and O–H groups in total. The first-order valence-corrected chi connectivity index (χ1v) is 5.19. The zero-order valence-electron chi connectivity index (χ0n) is 6.35. The van der Waals surface area contributed by atoms with Crippen LogP contribution in [0.5, 0.6) is 0 Å². The number of carbonyl (C=O) groups is 1. The summed E-state index contributed by atoms with van der Waals surface area (Å²) in [5.74, 6) is 0. The smallest absolute Gasteiger partial charge is 0.312 e. The van der Waals surface area contributed by atoms with Crippen LogP contribution < -0.4 is 16.4 Å². The highest BCUT2D eigenvalue weighted by molar-refractivity contribution is 7.56. The van der Waals surface area contributed by atoms with E-state index in [1.54, 1.807) is 0 Å². The van der Waals surface area contributed by atoms with Gasteiger partial charge in [0.2, 0.25) is 0 Å². The lowest BCUT2D eigenvalue weighted by Gasteiger charge is -2.10. The molecule has 0 saturated carbocycles. The Labute approximate surface area is 62.3 Å². The van der Waals surface area contributed by atoms with Gasteiger partial charge in [0.15, 0.2) is 0 Å².